The van der Waals surface area contributed by atoms with Crippen molar-refractivity contribution in [2.75, 3.05) is 0 Å². The van der Waals surface area contributed by atoms with Gasteiger partial charge in [-0.2, -0.15) is 0 Å². The van der Waals surface area contributed by atoms with Crippen molar-refractivity contribution >= 4 is 49.0 Å². The van der Waals surface area contributed by atoms with Crippen LogP contribution in [-0.4, -0.2) is 0 Å². The lowest BCUT2D eigenvalue weighted by molar-refractivity contribution is 0.600. The molecule has 21 heavy (non-hydrogen) atoms. The predicted molar refractivity (Wildman–Crippen MR) is 86.9 cm³/mol. The van der Waals surface area contributed by atoms with Crippen LogP contribution in [0.4, 0.5) is 8.78 Å². The summed E-state index contributed by atoms with van der Waals surface area (Å²) in [5, 5.41) is 0.768. The summed E-state index contributed by atoms with van der Waals surface area (Å²) < 4.78 is 28.8. The molecule has 0 fully saturated rings. The van der Waals surface area contributed by atoms with Crippen molar-refractivity contribution in [1.29, 1.82) is 0 Å². The fourth-order valence-electron chi connectivity index (χ4n) is 2.12. The van der Waals surface area contributed by atoms with Crippen molar-refractivity contribution in [2.45, 2.75) is 6.04 Å². The van der Waals surface area contributed by atoms with Crippen LogP contribution in [-0.2, 0) is 0 Å². The number of benzene rings is 2. The molecule has 1 aromatic heterocycles. The van der Waals surface area contributed by atoms with E-state index in [1.807, 2.05) is 0 Å². The summed E-state index contributed by atoms with van der Waals surface area (Å²) in [5.41, 5.74) is 6.46. The summed E-state index contributed by atoms with van der Waals surface area (Å²) in [7, 11) is 0. The zero-order chi connectivity index (χ0) is 15.1. The average molecular weight is 389 g/mol. The van der Waals surface area contributed by atoms with Crippen LogP contribution in [0.1, 0.15) is 16.5 Å². The molecule has 1 heterocycles. The number of nitrogens with two attached hydrogens (primary N) is 1. The second-order valence-corrected chi connectivity index (χ2v) is 6.92. The van der Waals surface area contributed by atoms with E-state index in [4.69, 9.17) is 17.3 Å². The van der Waals surface area contributed by atoms with Crippen molar-refractivity contribution < 1.29 is 8.78 Å². The van der Waals surface area contributed by atoms with Crippen LogP contribution >= 0.6 is 38.9 Å². The van der Waals surface area contributed by atoms with Gasteiger partial charge in [0.1, 0.15) is 11.6 Å². The lowest BCUT2D eigenvalue weighted by Crippen LogP contribution is -2.12. The number of thiophene rings is 1. The smallest absolute Gasteiger partial charge is 0.148 e. The van der Waals surface area contributed by atoms with Crippen molar-refractivity contribution in [3.63, 3.8) is 0 Å². The maximum absolute atomic E-state index is 14.2. The summed E-state index contributed by atoms with van der Waals surface area (Å²) in [5.74, 6) is -0.847. The van der Waals surface area contributed by atoms with Crippen molar-refractivity contribution in [2.24, 2.45) is 5.73 Å². The molecule has 0 bridgehead atoms. The van der Waals surface area contributed by atoms with E-state index in [2.05, 4.69) is 15.9 Å². The van der Waals surface area contributed by atoms with Gasteiger partial charge in [0.25, 0.3) is 0 Å². The average Bonchev–Trinajstić information content (AvgIpc) is 2.87. The van der Waals surface area contributed by atoms with Gasteiger partial charge in [0, 0.05) is 19.6 Å². The molecule has 1 atom stereocenters. The predicted octanol–water partition coefficient (Wildman–Crippen LogP) is 5.64. The highest BCUT2D eigenvalue weighted by Gasteiger charge is 2.19. The van der Waals surface area contributed by atoms with E-state index in [0.717, 1.165) is 15.0 Å². The first-order valence-corrected chi connectivity index (χ1v) is 8.04. The highest BCUT2D eigenvalue weighted by atomic mass is 79.9. The minimum atomic E-state index is -0.643. The molecule has 3 aromatic rings. The largest absolute Gasteiger partial charge is 0.320 e. The molecule has 0 spiro atoms. The summed E-state index contributed by atoms with van der Waals surface area (Å²) >= 11 is 10.5. The molecule has 0 radical (unpaired) electrons. The molecule has 0 aliphatic carbocycles. The zero-order valence-electron chi connectivity index (χ0n) is 10.5. The molecule has 0 aliphatic rings. The van der Waals surface area contributed by atoms with Gasteiger partial charge >= 0.3 is 0 Å². The Morgan fingerprint density at radius 1 is 1.14 bits per heavy atom. The molecule has 0 aliphatic heterocycles. The first-order valence-electron chi connectivity index (χ1n) is 6.05. The highest BCUT2D eigenvalue weighted by molar-refractivity contribution is 9.10. The number of rotatable bonds is 2. The molecule has 2 aromatic carbocycles. The van der Waals surface area contributed by atoms with Gasteiger partial charge in [-0.3, -0.25) is 0 Å². The molecule has 1 unspecified atom stereocenters. The lowest BCUT2D eigenvalue weighted by atomic mass is 10.1. The van der Waals surface area contributed by atoms with Crippen molar-refractivity contribution in [3.05, 3.63) is 68.0 Å². The van der Waals surface area contributed by atoms with Crippen LogP contribution < -0.4 is 5.73 Å². The van der Waals surface area contributed by atoms with E-state index >= 15 is 0 Å². The van der Waals surface area contributed by atoms with Gasteiger partial charge in [0.05, 0.1) is 11.1 Å². The normalized spacial score (nSPS) is 12.8. The molecule has 108 valence electrons. The Balaban J connectivity index is 2.08. The van der Waals surface area contributed by atoms with E-state index in [1.165, 1.54) is 23.5 Å². The van der Waals surface area contributed by atoms with Gasteiger partial charge in [-0.1, -0.05) is 17.7 Å². The number of halogens is 4. The summed E-state index contributed by atoms with van der Waals surface area (Å²) in [6.45, 7) is 0. The Morgan fingerprint density at radius 2 is 1.90 bits per heavy atom. The Bertz CT molecular complexity index is 834. The van der Waals surface area contributed by atoms with E-state index in [1.54, 1.807) is 24.3 Å². The van der Waals surface area contributed by atoms with Gasteiger partial charge < -0.3 is 5.73 Å². The maximum atomic E-state index is 14.2. The molecule has 6 heteroatoms. The lowest BCUT2D eigenvalue weighted by Gasteiger charge is -2.12. The van der Waals surface area contributed by atoms with Crippen LogP contribution in [0.25, 0.3) is 10.1 Å². The number of fused-ring (bicyclic) bond motifs is 1. The Kier molecular flexibility index (Phi) is 4.01. The fourth-order valence-corrected chi connectivity index (χ4v) is 3.67. The van der Waals surface area contributed by atoms with Gasteiger partial charge in [0.2, 0.25) is 0 Å². The molecular formula is C15H9BrClF2NS. The van der Waals surface area contributed by atoms with E-state index < -0.39 is 11.9 Å². The minimum Gasteiger partial charge on any atom is -0.320 e. The van der Waals surface area contributed by atoms with Gasteiger partial charge in [-0.15, -0.1) is 11.3 Å². The topological polar surface area (TPSA) is 26.0 Å². The van der Waals surface area contributed by atoms with Gasteiger partial charge in [0.15, 0.2) is 0 Å². The summed E-state index contributed by atoms with van der Waals surface area (Å²) in [6, 6.07) is 8.92. The van der Waals surface area contributed by atoms with E-state index in [0.29, 0.717) is 10.0 Å². The summed E-state index contributed by atoms with van der Waals surface area (Å²) in [4.78, 5) is 0.757. The van der Waals surface area contributed by atoms with Crippen LogP contribution in [0.3, 0.4) is 0 Å². The second-order valence-electron chi connectivity index (χ2n) is 4.57. The number of hydrogen-bond donors (Lipinski definition) is 1. The first kappa shape index (κ1) is 14.9. The van der Waals surface area contributed by atoms with Crippen LogP contribution in [0, 0.1) is 11.6 Å². The van der Waals surface area contributed by atoms with Crippen LogP contribution in [0.15, 0.2) is 40.9 Å². The van der Waals surface area contributed by atoms with Crippen molar-refractivity contribution in [1.82, 2.24) is 0 Å². The maximum Gasteiger partial charge on any atom is 0.148 e. The number of hydrogen-bond acceptors (Lipinski definition) is 2. The molecule has 0 saturated carbocycles. The zero-order valence-corrected chi connectivity index (χ0v) is 13.7. The van der Waals surface area contributed by atoms with Crippen molar-refractivity contribution in [3.8, 4) is 0 Å². The molecule has 0 amide bonds. The minimum absolute atomic E-state index is 0.00936. The second kappa shape index (κ2) is 5.65. The molecule has 1 nitrogen and oxygen atoms in total. The molecule has 3 rings (SSSR count). The Morgan fingerprint density at radius 3 is 2.67 bits per heavy atom. The molecule has 2 N–H and O–H groups in total. The molecular weight excluding hydrogens is 380 g/mol. The third kappa shape index (κ3) is 2.71. The fraction of sp³-hybridized carbons (Fsp3) is 0.0667. The standard InChI is InChI=1S/C15H9BrClF2NS/c16-10-3-2-9(14(19)13(10)17)15(20)12-6-7-5-8(18)1-4-11(7)21-12/h1-6,15H,20H2. The Labute approximate surface area is 137 Å². The van der Waals surface area contributed by atoms with Gasteiger partial charge in [-0.25, -0.2) is 8.78 Å². The van der Waals surface area contributed by atoms with Crippen LogP contribution in [0.5, 0.6) is 0 Å². The highest BCUT2D eigenvalue weighted by Crippen LogP contribution is 2.36. The third-order valence-electron chi connectivity index (χ3n) is 3.20. The summed E-state index contributed by atoms with van der Waals surface area (Å²) in [6.07, 6.45) is 0. The first-order chi connectivity index (χ1) is 9.97. The quantitative estimate of drug-likeness (QED) is 0.565. The monoisotopic (exact) mass is 387 g/mol. The SMILES string of the molecule is NC(c1cc2cc(F)ccc2s1)c1ccc(Br)c(Cl)c1F. The van der Waals surface area contributed by atoms with Gasteiger partial charge in [-0.05, 0) is 51.6 Å². The van der Waals surface area contributed by atoms with E-state index in [9.17, 15) is 8.78 Å². The molecule has 0 saturated heterocycles. The van der Waals surface area contributed by atoms with Crippen LogP contribution in [0.2, 0.25) is 5.02 Å². The Hall–Kier alpha value is -1.01. The van der Waals surface area contributed by atoms with E-state index in [-0.39, 0.29) is 10.8 Å². The third-order valence-corrected chi connectivity index (χ3v) is 5.66.